The number of aromatic nitrogens is 1. The topological polar surface area (TPSA) is 57.3 Å². The summed E-state index contributed by atoms with van der Waals surface area (Å²) in [5.41, 5.74) is 2.86. The number of anilines is 2. The SMILES string of the molecule is O=C(CC1CCCCC1)Nc1c(Cl)ccc2nc(N[C@@H]3CCN(Cc4ccccc4)C3)ccc12. The van der Waals surface area contributed by atoms with Gasteiger partial charge in [-0.1, -0.05) is 61.2 Å². The summed E-state index contributed by atoms with van der Waals surface area (Å²) in [6, 6.07) is 18.8. The number of halogens is 1. The Labute approximate surface area is 206 Å². The van der Waals surface area contributed by atoms with Gasteiger partial charge in [0.05, 0.1) is 16.2 Å². The van der Waals surface area contributed by atoms with Crippen molar-refractivity contribution < 1.29 is 4.79 Å². The van der Waals surface area contributed by atoms with Crippen LogP contribution < -0.4 is 10.6 Å². The van der Waals surface area contributed by atoms with Crippen LogP contribution in [-0.2, 0) is 11.3 Å². The second-order valence-electron chi connectivity index (χ2n) is 9.79. The Balaban J connectivity index is 1.23. The summed E-state index contributed by atoms with van der Waals surface area (Å²) in [5, 5.41) is 8.13. The van der Waals surface area contributed by atoms with Crippen molar-refractivity contribution in [3.05, 3.63) is 65.2 Å². The van der Waals surface area contributed by atoms with Gasteiger partial charge in [-0.3, -0.25) is 9.69 Å². The first-order valence-electron chi connectivity index (χ1n) is 12.6. The van der Waals surface area contributed by atoms with Gasteiger partial charge in [0.1, 0.15) is 5.82 Å². The van der Waals surface area contributed by atoms with Crippen LogP contribution in [0.15, 0.2) is 54.6 Å². The van der Waals surface area contributed by atoms with Crippen LogP contribution in [0.5, 0.6) is 0 Å². The highest BCUT2D eigenvalue weighted by Crippen LogP contribution is 2.33. The normalized spacial score (nSPS) is 19.4. The lowest BCUT2D eigenvalue weighted by Gasteiger charge is -2.21. The molecule has 1 aliphatic heterocycles. The van der Waals surface area contributed by atoms with Crippen LogP contribution in [0.2, 0.25) is 5.02 Å². The van der Waals surface area contributed by atoms with Gasteiger partial charge >= 0.3 is 0 Å². The van der Waals surface area contributed by atoms with Gasteiger partial charge in [-0.2, -0.15) is 0 Å². The number of hydrogen-bond donors (Lipinski definition) is 2. The lowest BCUT2D eigenvalue weighted by molar-refractivity contribution is -0.117. The zero-order valence-electron chi connectivity index (χ0n) is 19.6. The molecule has 2 fully saturated rings. The summed E-state index contributed by atoms with van der Waals surface area (Å²) in [6.45, 7) is 3.05. The predicted octanol–water partition coefficient (Wildman–Crippen LogP) is 6.48. The largest absolute Gasteiger partial charge is 0.366 e. The molecule has 5 nitrogen and oxygen atoms in total. The van der Waals surface area contributed by atoms with E-state index < -0.39 is 0 Å². The third-order valence-electron chi connectivity index (χ3n) is 7.16. The van der Waals surface area contributed by atoms with Gasteiger partial charge in [0.2, 0.25) is 5.91 Å². The van der Waals surface area contributed by atoms with Gasteiger partial charge in [-0.15, -0.1) is 0 Å². The van der Waals surface area contributed by atoms with E-state index in [-0.39, 0.29) is 5.91 Å². The third-order valence-corrected chi connectivity index (χ3v) is 7.47. The van der Waals surface area contributed by atoms with Crippen molar-refractivity contribution >= 4 is 39.9 Å². The number of fused-ring (bicyclic) bond motifs is 1. The maximum atomic E-state index is 12.7. The van der Waals surface area contributed by atoms with Crippen LogP contribution in [0, 0.1) is 5.92 Å². The quantitative estimate of drug-likeness (QED) is 0.409. The van der Waals surface area contributed by atoms with E-state index in [1.165, 1.54) is 24.8 Å². The van der Waals surface area contributed by atoms with Gasteiger partial charge in [0.15, 0.2) is 0 Å². The van der Waals surface area contributed by atoms with Crippen LogP contribution >= 0.6 is 11.6 Å². The Morgan fingerprint density at radius 3 is 2.65 bits per heavy atom. The molecule has 0 bridgehead atoms. The zero-order chi connectivity index (χ0) is 23.3. The molecule has 2 aliphatic rings. The van der Waals surface area contributed by atoms with Gasteiger partial charge in [-0.25, -0.2) is 4.98 Å². The molecule has 2 aromatic carbocycles. The standard InChI is InChI=1S/C28H33ClN4O/c29-24-12-13-25-23(28(24)32-27(34)17-20-7-3-1-4-8-20)11-14-26(31-25)30-22-15-16-33(19-22)18-21-9-5-2-6-10-21/h2,5-6,9-14,20,22H,1,3-4,7-8,15-19H2,(H,30,31)(H,32,34)/t22-/m1/s1. The average molecular weight is 477 g/mol. The van der Waals surface area contributed by atoms with Crippen molar-refractivity contribution in [2.24, 2.45) is 5.92 Å². The molecule has 6 heteroatoms. The van der Waals surface area contributed by atoms with Crippen molar-refractivity contribution in [3.8, 4) is 0 Å². The molecule has 1 atom stereocenters. The third kappa shape index (κ3) is 5.70. The zero-order valence-corrected chi connectivity index (χ0v) is 20.4. The molecule has 2 heterocycles. The van der Waals surface area contributed by atoms with Crippen molar-refractivity contribution in [2.45, 2.75) is 57.5 Å². The number of rotatable bonds is 7. The molecular formula is C28H33ClN4O. The van der Waals surface area contributed by atoms with E-state index in [0.717, 1.165) is 55.6 Å². The molecule has 1 amide bonds. The minimum atomic E-state index is 0.0490. The molecule has 178 valence electrons. The highest BCUT2D eigenvalue weighted by molar-refractivity contribution is 6.35. The predicted molar refractivity (Wildman–Crippen MR) is 140 cm³/mol. The number of carbonyl (C=O) groups is 1. The molecule has 1 aliphatic carbocycles. The van der Waals surface area contributed by atoms with Gasteiger partial charge in [0.25, 0.3) is 0 Å². The molecule has 0 radical (unpaired) electrons. The van der Waals surface area contributed by atoms with Crippen LogP contribution in [0.1, 0.15) is 50.5 Å². The molecule has 3 aromatic rings. The van der Waals surface area contributed by atoms with Crippen LogP contribution in [0.3, 0.4) is 0 Å². The monoisotopic (exact) mass is 476 g/mol. The second-order valence-corrected chi connectivity index (χ2v) is 10.2. The van der Waals surface area contributed by atoms with E-state index in [2.05, 4.69) is 45.9 Å². The summed E-state index contributed by atoms with van der Waals surface area (Å²) in [4.78, 5) is 20.0. The fourth-order valence-electron chi connectivity index (χ4n) is 5.37. The molecule has 1 saturated heterocycles. The summed E-state index contributed by atoms with van der Waals surface area (Å²) in [5.74, 6) is 1.40. The van der Waals surface area contributed by atoms with E-state index in [0.29, 0.717) is 29.1 Å². The molecule has 5 rings (SSSR count). The molecule has 34 heavy (non-hydrogen) atoms. The number of benzene rings is 2. The first-order chi connectivity index (χ1) is 16.6. The van der Waals surface area contributed by atoms with Crippen molar-refractivity contribution in [1.29, 1.82) is 0 Å². The molecule has 1 saturated carbocycles. The Morgan fingerprint density at radius 2 is 1.82 bits per heavy atom. The number of pyridine rings is 1. The summed E-state index contributed by atoms with van der Waals surface area (Å²) in [6.07, 6.45) is 7.72. The van der Waals surface area contributed by atoms with Crippen LogP contribution in [0.4, 0.5) is 11.5 Å². The Kier molecular flexibility index (Phi) is 7.31. The highest BCUT2D eigenvalue weighted by atomic mass is 35.5. The second kappa shape index (κ2) is 10.7. The van der Waals surface area contributed by atoms with E-state index in [4.69, 9.17) is 16.6 Å². The Bertz CT molecular complexity index is 1130. The number of hydrogen-bond acceptors (Lipinski definition) is 4. The number of likely N-dealkylation sites (tertiary alicyclic amines) is 1. The molecule has 0 spiro atoms. The minimum absolute atomic E-state index is 0.0490. The summed E-state index contributed by atoms with van der Waals surface area (Å²) in [7, 11) is 0. The van der Waals surface area contributed by atoms with Gasteiger partial charge in [0, 0.05) is 37.5 Å². The van der Waals surface area contributed by atoms with Gasteiger partial charge < -0.3 is 10.6 Å². The lowest BCUT2D eigenvalue weighted by Crippen LogP contribution is -2.26. The smallest absolute Gasteiger partial charge is 0.224 e. The fourth-order valence-corrected chi connectivity index (χ4v) is 5.59. The highest BCUT2D eigenvalue weighted by Gasteiger charge is 2.23. The van der Waals surface area contributed by atoms with Crippen molar-refractivity contribution in [3.63, 3.8) is 0 Å². The number of nitrogens with one attached hydrogen (secondary N) is 2. The molecule has 1 aromatic heterocycles. The molecule has 2 N–H and O–H groups in total. The number of amides is 1. The van der Waals surface area contributed by atoms with E-state index in [9.17, 15) is 4.79 Å². The number of carbonyl (C=O) groups excluding carboxylic acids is 1. The van der Waals surface area contributed by atoms with Gasteiger partial charge in [-0.05, 0) is 55.0 Å². The summed E-state index contributed by atoms with van der Waals surface area (Å²) >= 11 is 6.49. The maximum absolute atomic E-state index is 12.7. The molecular weight excluding hydrogens is 444 g/mol. The molecule has 0 unspecified atom stereocenters. The Morgan fingerprint density at radius 1 is 1.00 bits per heavy atom. The lowest BCUT2D eigenvalue weighted by atomic mass is 9.87. The maximum Gasteiger partial charge on any atom is 0.224 e. The van der Waals surface area contributed by atoms with E-state index in [1.54, 1.807) is 0 Å². The van der Waals surface area contributed by atoms with E-state index >= 15 is 0 Å². The van der Waals surface area contributed by atoms with Crippen LogP contribution in [0.25, 0.3) is 10.9 Å². The minimum Gasteiger partial charge on any atom is -0.366 e. The van der Waals surface area contributed by atoms with Crippen LogP contribution in [-0.4, -0.2) is 34.9 Å². The summed E-state index contributed by atoms with van der Waals surface area (Å²) < 4.78 is 0. The average Bonchev–Trinajstić information content (AvgIpc) is 3.28. The first-order valence-corrected chi connectivity index (χ1v) is 12.9. The fraction of sp³-hybridized carbons (Fsp3) is 0.429. The Hall–Kier alpha value is -2.63. The number of nitrogens with zero attached hydrogens (tertiary/aromatic N) is 2. The van der Waals surface area contributed by atoms with E-state index in [1.807, 2.05) is 24.3 Å². The van der Waals surface area contributed by atoms with Crippen molar-refractivity contribution in [1.82, 2.24) is 9.88 Å². The van der Waals surface area contributed by atoms with Crippen molar-refractivity contribution in [2.75, 3.05) is 23.7 Å². The first kappa shape index (κ1) is 23.1.